The van der Waals surface area contributed by atoms with E-state index in [9.17, 15) is 5.11 Å². The zero-order valence-electron chi connectivity index (χ0n) is 8.68. The van der Waals surface area contributed by atoms with Crippen molar-refractivity contribution in [2.45, 2.75) is 19.4 Å². The topological polar surface area (TPSA) is 20.2 Å². The first kappa shape index (κ1) is 10.4. The molecule has 1 N–H and O–H groups in total. The van der Waals surface area contributed by atoms with Crippen LogP contribution in [0.3, 0.4) is 0 Å². The molecule has 1 unspecified atom stereocenters. The molecule has 0 saturated carbocycles. The highest BCUT2D eigenvalue weighted by molar-refractivity contribution is 7.10. The average Bonchev–Trinajstić information content (AvgIpc) is 2.81. The Kier molecular flexibility index (Phi) is 3.19. The lowest BCUT2D eigenvalue weighted by atomic mass is 10.0. The molecular formula is C13H14OS. The molecule has 1 nitrogen and oxygen atoms in total. The predicted octanol–water partition coefficient (Wildman–Crippen LogP) is 3.39. The smallest absolute Gasteiger partial charge is 0.113 e. The van der Waals surface area contributed by atoms with Gasteiger partial charge in [0.25, 0.3) is 0 Å². The minimum Gasteiger partial charge on any atom is -0.383 e. The van der Waals surface area contributed by atoms with Gasteiger partial charge in [-0.1, -0.05) is 37.3 Å². The number of thiophene rings is 1. The molecule has 0 bridgehead atoms. The van der Waals surface area contributed by atoms with Crippen molar-refractivity contribution >= 4 is 11.3 Å². The number of hydrogen-bond acceptors (Lipinski definition) is 2. The number of rotatable bonds is 3. The van der Waals surface area contributed by atoms with E-state index in [1.807, 2.05) is 29.6 Å². The Morgan fingerprint density at radius 2 is 2.13 bits per heavy atom. The third kappa shape index (κ3) is 2.28. The van der Waals surface area contributed by atoms with Gasteiger partial charge >= 0.3 is 0 Å². The van der Waals surface area contributed by atoms with E-state index >= 15 is 0 Å². The summed E-state index contributed by atoms with van der Waals surface area (Å²) in [4.78, 5) is 1.00. The van der Waals surface area contributed by atoms with Crippen molar-refractivity contribution in [3.05, 3.63) is 57.8 Å². The van der Waals surface area contributed by atoms with E-state index in [4.69, 9.17) is 0 Å². The first-order chi connectivity index (χ1) is 7.31. The summed E-state index contributed by atoms with van der Waals surface area (Å²) >= 11 is 1.59. The average molecular weight is 218 g/mol. The molecule has 0 saturated heterocycles. The van der Waals surface area contributed by atoms with E-state index in [0.717, 1.165) is 16.9 Å². The molecule has 15 heavy (non-hydrogen) atoms. The number of aliphatic hydroxyl groups is 1. The van der Waals surface area contributed by atoms with E-state index < -0.39 is 6.10 Å². The van der Waals surface area contributed by atoms with Gasteiger partial charge in [0.15, 0.2) is 0 Å². The lowest BCUT2D eigenvalue weighted by Crippen LogP contribution is -1.97. The molecule has 1 atom stereocenters. The molecule has 78 valence electrons. The summed E-state index contributed by atoms with van der Waals surface area (Å²) in [5.41, 5.74) is 2.25. The van der Waals surface area contributed by atoms with Crippen LogP contribution in [0.2, 0.25) is 0 Å². The highest BCUT2D eigenvalue weighted by Gasteiger charge is 2.10. The highest BCUT2D eigenvalue weighted by Crippen LogP contribution is 2.26. The molecule has 2 heteroatoms. The molecule has 0 spiro atoms. The van der Waals surface area contributed by atoms with Gasteiger partial charge in [0.05, 0.1) is 0 Å². The molecule has 0 aliphatic carbocycles. The van der Waals surface area contributed by atoms with Gasteiger partial charge < -0.3 is 5.11 Å². The molecule has 0 amide bonds. The minimum atomic E-state index is -0.475. The van der Waals surface area contributed by atoms with Gasteiger partial charge in [0.2, 0.25) is 0 Å². The van der Waals surface area contributed by atoms with Crippen molar-refractivity contribution in [3.63, 3.8) is 0 Å². The maximum absolute atomic E-state index is 10.1. The second-order valence-electron chi connectivity index (χ2n) is 3.52. The summed E-state index contributed by atoms with van der Waals surface area (Å²) in [7, 11) is 0. The van der Waals surface area contributed by atoms with Gasteiger partial charge in [-0.3, -0.25) is 0 Å². The fourth-order valence-corrected chi connectivity index (χ4v) is 2.33. The number of hydrogen-bond donors (Lipinski definition) is 1. The molecule has 2 rings (SSSR count). The van der Waals surface area contributed by atoms with Crippen LogP contribution in [-0.4, -0.2) is 5.11 Å². The second-order valence-corrected chi connectivity index (χ2v) is 4.50. The molecule has 0 aliphatic rings. The normalized spacial score (nSPS) is 12.7. The number of benzene rings is 1. The van der Waals surface area contributed by atoms with Crippen LogP contribution in [0.25, 0.3) is 0 Å². The lowest BCUT2D eigenvalue weighted by molar-refractivity contribution is 0.224. The van der Waals surface area contributed by atoms with Crippen molar-refractivity contribution in [2.75, 3.05) is 0 Å². The molecule has 0 radical (unpaired) electrons. The summed E-state index contributed by atoms with van der Waals surface area (Å²) < 4.78 is 0. The van der Waals surface area contributed by atoms with Crippen LogP contribution < -0.4 is 0 Å². The molecule has 1 heterocycles. The third-order valence-electron chi connectivity index (χ3n) is 2.49. The molecule has 0 fully saturated rings. The Morgan fingerprint density at radius 3 is 2.80 bits per heavy atom. The fraction of sp³-hybridized carbons (Fsp3) is 0.231. The summed E-state index contributed by atoms with van der Waals surface area (Å²) in [5, 5.41) is 12.1. The molecule has 1 aromatic carbocycles. The van der Waals surface area contributed by atoms with E-state index in [0.29, 0.717) is 0 Å². The Bertz CT molecular complexity index is 420. The van der Waals surface area contributed by atoms with Crippen LogP contribution in [0, 0.1) is 0 Å². The Labute approximate surface area is 94.0 Å². The largest absolute Gasteiger partial charge is 0.383 e. The molecule has 0 aliphatic heterocycles. The van der Waals surface area contributed by atoms with E-state index in [-0.39, 0.29) is 0 Å². The summed E-state index contributed by atoms with van der Waals surface area (Å²) in [6, 6.07) is 12.1. The zero-order valence-corrected chi connectivity index (χ0v) is 9.50. The number of aliphatic hydroxyl groups excluding tert-OH is 1. The van der Waals surface area contributed by atoms with E-state index in [1.54, 1.807) is 11.3 Å². The second kappa shape index (κ2) is 4.60. The summed E-state index contributed by atoms with van der Waals surface area (Å²) in [5.74, 6) is 0. The minimum absolute atomic E-state index is 0.475. The summed E-state index contributed by atoms with van der Waals surface area (Å²) in [6.07, 6.45) is 0.529. The quantitative estimate of drug-likeness (QED) is 0.837. The standard InChI is InChI=1S/C13H14OS/c1-2-10-5-3-6-11(9-10)13(14)12-7-4-8-15-12/h3-9,13-14H,2H2,1H3. The Morgan fingerprint density at radius 1 is 1.27 bits per heavy atom. The summed E-state index contributed by atoms with van der Waals surface area (Å²) in [6.45, 7) is 2.12. The monoisotopic (exact) mass is 218 g/mol. The molecule has 1 aromatic heterocycles. The fourth-order valence-electron chi connectivity index (χ4n) is 1.59. The van der Waals surface area contributed by atoms with Crippen molar-refractivity contribution in [1.82, 2.24) is 0 Å². The van der Waals surface area contributed by atoms with Crippen molar-refractivity contribution < 1.29 is 5.11 Å². The van der Waals surface area contributed by atoms with Crippen LogP contribution in [-0.2, 0) is 6.42 Å². The van der Waals surface area contributed by atoms with Crippen LogP contribution in [0.5, 0.6) is 0 Å². The number of aryl methyl sites for hydroxylation is 1. The molecule has 2 aromatic rings. The maximum Gasteiger partial charge on any atom is 0.113 e. The van der Waals surface area contributed by atoms with E-state index in [1.165, 1.54) is 5.56 Å². The Hall–Kier alpha value is -1.12. The van der Waals surface area contributed by atoms with Gasteiger partial charge in [-0.2, -0.15) is 0 Å². The maximum atomic E-state index is 10.1. The zero-order chi connectivity index (χ0) is 10.7. The van der Waals surface area contributed by atoms with Crippen molar-refractivity contribution in [3.8, 4) is 0 Å². The van der Waals surface area contributed by atoms with Crippen LogP contribution >= 0.6 is 11.3 Å². The first-order valence-corrected chi connectivity index (χ1v) is 5.99. The van der Waals surface area contributed by atoms with Crippen LogP contribution in [0.4, 0.5) is 0 Å². The van der Waals surface area contributed by atoms with Crippen LogP contribution in [0.1, 0.15) is 29.0 Å². The SMILES string of the molecule is CCc1cccc(C(O)c2cccs2)c1. The molecular weight excluding hydrogens is 204 g/mol. The first-order valence-electron chi connectivity index (χ1n) is 5.11. The highest BCUT2D eigenvalue weighted by atomic mass is 32.1. The van der Waals surface area contributed by atoms with Crippen LogP contribution in [0.15, 0.2) is 41.8 Å². The third-order valence-corrected chi connectivity index (χ3v) is 3.41. The lowest BCUT2D eigenvalue weighted by Gasteiger charge is -2.09. The van der Waals surface area contributed by atoms with Gasteiger partial charge in [0.1, 0.15) is 6.10 Å². The predicted molar refractivity (Wildman–Crippen MR) is 64.2 cm³/mol. The van der Waals surface area contributed by atoms with Crippen molar-refractivity contribution in [2.24, 2.45) is 0 Å². The van der Waals surface area contributed by atoms with Crippen molar-refractivity contribution in [1.29, 1.82) is 0 Å². The van der Waals surface area contributed by atoms with Gasteiger partial charge in [-0.15, -0.1) is 11.3 Å². The van der Waals surface area contributed by atoms with Gasteiger partial charge in [-0.05, 0) is 29.0 Å². The van der Waals surface area contributed by atoms with E-state index in [2.05, 4.69) is 19.1 Å². The van der Waals surface area contributed by atoms with Gasteiger partial charge in [-0.25, -0.2) is 0 Å². The Balaban J connectivity index is 2.29. The van der Waals surface area contributed by atoms with Gasteiger partial charge in [0, 0.05) is 4.88 Å².